The third kappa shape index (κ3) is 7.32. The zero-order chi connectivity index (χ0) is 31.1. The maximum atomic E-state index is 12.8. The smallest absolute Gasteiger partial charge is 0.238 e. The summed E-state index contributed by atoms with van der Waals surface area (Å²) in [4.78, 5) is 22.0. The summed E-state index contributed by atoms with van der Waals surface area (Å²) in [7, 11) is -0.199. The number of nitrogens with one attached hydrogen (secondary N) is 3. The van der Waals surface area contributed by atoms with Crippen molar-refractivity contribution in [3.63, 3.8) is 0 Å². The molecule has 0 aliphatic heterocycles. The lowest BCUT2D eigenvalue weighted by molar-refractivity contribution is -0.115. The molecule has 0 saturated heterocycles. The lowest BCUT2D eigenvalue weighted by atomic mass is 10.2. The molecule has 44 heavy (non-hydrogen) atoms. The summed E-state index contributed by atoms with van der Waals surface area (Å²) in [6, 6.07) is 25.4. The van der Waals surface area contributed by atoms with E-state index in [0.717, 1.165) is 9.87 Å². The zero-order valence-electron chi connectivity index (χ0n) is 23.9. The number of phenols is 1. The third-order valence-electron chi connectivity index (χ3n) is 6.43. The molecule has 0 aliphatic rings. The molecule has 1 aromatic heterocycles. The molecule has 4 aromatic carbocycles. The van der Waals surface area contributed by atoms with Gasteiger partial charge >= 0.3 is 0 Å². The fraction of sp³-hybridized carbons (Fsp3) is 0.129. The third-order valence-corrected chi connectivity index (χ3v) is 7.18. The minimum absolute atomic E-state index is 0.00631. The minimum atomic E-state index is -3.26. The Hall–Kier alpha value is -5.40. The number of rotatable bonds is 12. The van der Waals surface area contributed by atoms with E-state index in [2.05, 4.69) is 25.9 Å². The van der Waals surface area contributed by atoms with Crippen molar-refractivity contribution in [1.82, 2.24) is 15.3 Å². The number of thiol groups is 1. The van der Waals surface area contributed by atoms with Gasteiger partial charge in [-0.15, -0.1) is 0 Å². The van der Waals surface area contributed by atoms with Gasteiger partial charge < -0.3 is 30.5 Å². The van der Waals surface area contributed by atoms with Crippen molar-refractivity contribution >= 4 is 56.5 Å². The fourth-order valence-electron chi connectivity index (χ4n) is 4.44. The van der Waals surface area contributed by atoms with Crippen LogP contribution >= 0.6 is 0 Å². The van der Waals surface area contributed by atoms with Crippen molar-refractivity contribution in [1.29, 1.82) is 0 Å². The van der Waals surface area contributed by atoms with Gasteiger partial charge in [-0.05, 0) is 48.0 Å². The number of fused-ring (bicyclic) bond motifs is 1. The van der Waals surface area contributed by atoms with Gasteiger partial charge in [0.2, 0.25) is 16.8 Å². The summed E-state index contributed by atoms with van der Waals surface area (Å²) < 4.78 is 37.4. The van der Waals surface area contributed by atoms with Gasteiger partial charge in [-0.3, -0.25) is 4.79 Å². The van der Waals surface area contributed by atoms with E-state index >= 15 is 0 Å². The van der Waals surface area contributed by atoms with E-state index in [9.17, 15) is 18.3 Å². The molecule has 0 unspecified atom stereocenters. The Morgan fingerprint density at radius 1 is 0.841 bits per heavy atom. The van der Waals surface area contributed by atoms with Crippen molar-refractivity contribution in [3.05, 3.63) is 96.6 Å². The van der Waals surface area contributed by atoms with E-state index in [-0.39, 0.29) is 35.5 Å². The normalized spacial score (nSPS) is 10.9. The van der Waals surface area contributed by atoms with Crippen LogP contribution in [0.25, 0.3) is 11.0 Å². The number of benzene rings is 4. The highest BCUT2D eigenvalue weighted by Gasteiger charge is 2.21. The molecule has 13 heteroatoms. The number of methoxy groups -OCH3 is 2. The number of hydrogen-bond donors (Lipinski definition) is 5. The summed E-state index contributed by atoms with van der Waals surface area (Å²) in [5.74, 6) is 1.05. The molecule has 0 radical (unpaired) electrons. The fourth-order valence-corrected chi connectivity index (χ4v) is 5.05. The molecule has 0 fully saturated rings. The second-order valence-electron chi connectivity index (χ2n) is 9.53. The molecule has 226 valence electrons. The van der Waals surface area contributed by atoms with Crippen molar-refractivity contribution < 1.29 is 27.8 Å². The van der Waals surface area contributed by atoms with Crippen LogP contribution in [0.15, 0.2) is 91.0 Å². The monoisotopic (exact) mass is 614 g/mol. The first-order valence-electron chi connectivity index (χ1n) is 13.4. The second kappa shape index (κ2) is 13.7. The summed E-state index contributed by atoms with van der Waals surface area (Å²) in [5.41, 5.74) is 3.02. The van der Waals surface area contributed by atoms with Crippen LogP contribution in [0, 0.1) is 0 Å². The molecule has 0 spiro atoms. The van der Waals surface area contributed by atoms with E-state index in [1.54, 1.807) is 72.8 Å². The van der Waals surface area contributed by atoms with Crippen molar-refractivity contribution in [3.8, 4) is 17.2 Å². The van der Waals surface area contributed by atoms with Crippen LogP contribution in [0.3, 0.4) is 0 Å². The second-order valence-corrected chi connectivity index (χ2v) is 10.4. The minimum Gasteiger partial charge on any atom is -0.508 e. The summed E-state index contributed by atoms with van der Waals surface area (Å²) in [6.07, 6.45) is 0. The Morgan fingerprint density at radius 2 is 1.55 bits per heavy atom. The van der Waals surface area contributed by atoms with Gasteiger partial charge in [0.05, 0.1) is 37.5 Å². The number of hydrogen-bond acceptors (Lipinski definition) is 10. The standard InChI is InChI=1S/C31H30N6O6S/c1-42-25-15-22(16-26(17-25)43-2)34-30-31(36-28-12-4-3-11-27(28)35-30)37(44(40)41)23-9-6-8-21(14-23)33-29(39)19-32-18-20-7-5-10-24(38)13-20/h3-17,32,38,44H,18-19H2,1-2H3,(H,33,39)(H,34,35). The molecule has 1 amide bonds. The van der Waals surface area contributed by atoms with Crippen LogP contribution in [-0.4, -0.2) is 50.2 Å². The highest BCUT2D eigenvalue weighted by molar-refractivity contribution is 7.74. The van der Waals surface area contributed by atoms with E-state index in [1.807, 2.05) is 12.1 Å². The van der Waals surface area contributed by atoms with E-state index < -0.39 is 10.9 Å². The number of para-hydroxylation sites is 2. The highest BCUT2D eigenvalue weighted by atomic mass is 32.2. The van der Waals surface area contributed by atoms with Gasteiger partial charge in [-0.25, -0.2) is 22.7 Å². The highest BCUT2D eigenvalue weighted by Crippen LogP contribution is 2.35. The van der Waals surface area contributed by atoms with E-state index in [4.69, 9.17) is 9.47 Å². The van der Waals surface area contributed by atoms with Gasteiger partial charge in [0.15, 0.2) is 11.6 Å². The van der Waals surface area contributed by atoms with Gasteiger partial charge in [-0.1, -0.05) is 30.3 Å². The SMILES string of the molecule is COc1cc(Nc2nc3ccccc3nc2N(c2cccc(NC(=O)CNCc3cccc(O)c3)c2)[SH](=O)=O)cc(OC)c1. The number of aromatic hydroxyl groups is 1. The molecule has 0 atom stereocenters. The van der Waals surface area contributed by atoms with Crippen LogP contribution in [0.4, 0.5) is 28.7 Å². The number of phenolic OH excluding ortho intramolecular Hbond substituents is 1. The van der Waals surface area contributed by atoms with Crippen molar-refractivity contribution in [2.24, 2.45) is 0 Å². The Bertz CT molecular complexity index is 1850. The number of ether oxygens (including phenoxy) is 2. The lowest BCUT2D eigenvalue weighted by Gasteiger charge is -2.21. The Balaban J connectivity index is 1.43. The van der Waals surface area contributed by atoms with Crippen molar-refractivity contribution in [2.75, 3.05) is 35.7 Å². The predicted molar refractivity (Wildman–Crippen MR) is 170 cm³/mol. The topological polar surface area (TPSA) is 155 Å². The molecule has 5 rings (SSSR count). The van der Waals surface area contributed by atoms with Gasteiger partial charge in [0, 0.05) is 36.1 Å². The summed E-state index contributed by atoms with van der Waals surface area (Å²) >= 11 is 0. The molecule has 5 aromatic rings. The van der Waals surface area contributed by atoms with Crippen LogP contribution in [0.5, 0.6) is 17.2 Å². The molecule has 4 N–H and O–H groups in total. The Morgan fingerprint density at radius 3 is 2.23 bits per heavy atom. The zero-order valence-corrected chi connectivity index (χ0v) is 24.7. The van der Waals surface area contributed by atoms with Crippen LogP contribution in [0.1, 0.15) is 5.56 Å². The lowest BCUT2D eigenvalue weighted by Crippen LogP contribution is -2.27. The van der Waals surface area contributed by atoms with Crippen LogP contribution in [0.2, 0.25) is 0 Å². The maximum absolute atomic E-state index is 12.8. The van der Waals surface area contributed by atoms with Crippen molar-refractivity contribution in [2.45, 2.75) is 6.54 Å². The number of nitrogens with zero attached hydrogens (tertiary/aromatic N) is 3. The molecule has 1 heterocycles. The summed E-state index contributed by atoms with van der Waals surface area (Å²) in [5, 5.41) is 18.6. The molecule has 0 aliphatic carbocycles. The first-order chi connectivity index (χ1) is 21.3. The van der Waals surface area contributed by atoms with Crippen LogP contribution in [-0.2, 0) is 22.2 Å². The number of aromatic nitrogens is 2. The Labute approximate surface area is 255 Å². The number of carbonyl (C=O) groups excluding carboxylic acids is 1. The van der Waals surface area contributed by atoms with E-state index in [1.165, 1.54) is 20.3 Å². The summed E-state index contributed by atoms with van der Waals surface area (Å²) in [6.45, 7) is 0.371. The van der Waals surface area contributed by atoms with Gasteiger partial charge in [-0.2, -0.15) is 0 Å². The molecular weight excluding hydrogens is 584 g/mol. The van der Waals surface area contributed by atoms with Gasteiger partial charge in [0.1, 0.15) is 17.2 Å². The van der Waals surface area contributed by atoms with Crippen LogP contribution < -0.4 is 29.7 Å². The first-order valence-corrected chi connectivity index (χ1v) is 14.6. The molecule has 12 nitrogen and oxygen atoms in total. The molecule has 0 saturated carbocycles. The number of amides is 1. The predicted octanol–water partition coefficient (Wildman–Crippen LogP) is 4.49. The first kappa shape index (κ1) is 30.1. The molecular formula is C31H30N6O6S. The Kier molecular flexibility index (Phi) is 9.37. The maximum Gasteiger partial charge on any atom is 0.238 e. The van der Waals surface area contributed by atoms with E-state index in [0.29, 0.717) is 40.5 Å². The quantitative estimate of drug-likeness (QED) is 0.127. The average Bonchev–Trinajstić information content (AvgIpc) is 3.01. The average molecular weight is 615 g/mol. The van der Waals surface area contributed by atoms with Gasteiger partial charge in [0.25, 0.3) is 0 Å². The largest absolute Gasteiger partial charge is 0.508 e. The number of anilines is 5. The number of carbonyl (C=O) groups is 1. The molecule has 0 bridgehead atoms.